The molecule has 33 heavy (non-hydrogen) atoms. The number of para-hydroxylation sites is 1. The molecule has 0 bridgehead atoms. The molecule has 0 saturated carbocycles. The number of imide groups is 1. The monoisotopic (exact) mass is 450 g/mol. The molecule has 8 heteroatoms. The number of rotatable bonds is 6. The van der Waals surface area contributed by atoms with E-state index in [0.29, 0.717) is 17.1 Å². The van der Waals surface area contributed by atoms with E-state index in [1.165, 1.54) is 20.3 Å². The average molecular weight is 450 g/mol. The lowest BCUT2D eigenvalue weighted by molar-refractivity contribution is -0.120. The van der Waals surface area contributed by atoms with Crippen molar-refractivity contribution in [3.8, 4) is 11.5 Å². The molecule has 168 valence electrons. The van der Waals surface area contributed by atoms with E-state index in [1.54, 1.807) is 42.5 Å². The lowest BCUT2D eigenvalue weighted by Gasteiger charge is -2.19. The van der Waals surface area contributed by atoms with Gasteiger partial charge in [-0.1, -0.05) is 24.3 Å². The zero-order valence-corrected chi connectivity index (χ0v) is 18.1. The average Bonchev–Trinajstić information content (AvgIpc) is 3.05. The summed E-state index contributed by atoms with van der Waals surface area (Å²) in [4.78, 5) is 28.2. The second kappa shape index (κ2) is 8.74. The van der Waals surface area contributed by atoms with Gasteiger partial charge in [0, 0.05) is 17.3 Å². The first-order valence-electron chi connectivity index (χ1n) is 9.99. The summed E-state index contributed by atoms with van der Waals surface area (Å²) in [7, 11) is 2.89. The van der Waals surface area contributed by atoms with Crippen LogP contribution in [0.15, 0.2) is 66.4 Å². The summed E-state index contributed by atoms with van der Waals surface area (Å²) < 4.78 is 38.0. The molecule has 0 saturated heterocycles. The minimum Gasteiger partial charge on any atom is -0.496 e. The fraction of sp³-hybridized carbons (Fsp3) is 0.120. The Labute approximate surface area is 189 Å². The van der Waals surface area contributed by atoms with Crippen LogP contribution < -0.4 is 19.7 Å². The number of anilines is 2. The molecule has 4 rings (SSSR count). The third-order valence-electron chi connectivity index (χ3n) is 5.22. The van der Waals surface area contributed by atoms with E-state index < -0.39 is 23.4 Å². The highest BCUT2D eigenvalue weighted by Crippen LogP contribution is 2.40. The summed E-state index contributed by atoms with van der Waals surface area (Å²) in [5.74, 6) is -2.70. The van der Waals surface area contributed by atoms with Gasteiger partial charge in [-0.3, -0.25) is 9.59 Å². The van der Waals surface area contributed by atoms with E-state index in [4.69, 9.17) is 9.47 Å². The molecule has 3 aromatic carbocycles. The van der Waals surface area contributed by atoms with Gasteiger partial charge in [-0.05, 0) is 42.8 Å². The van der Waals surface area contributed by atoms with Gasteiger partial charge in [0.05, 0.1) is 25.5 Å². The number of ether oxygens (including phenoxy) is 2. The van der Waals surface area contributed by atoms with Crippen molar-refractivity contribution < 1.29 is 27.8 Å². The molecule has 6 nitrogen and oxygen atoms in total. The number of halogens is 2. The standard InChI is InChI=1S/C25H20F2N2O4/c1-14-8-11-21(33-3)19(12-14)29-24(30)22(16-6-4-5-7-20(16)32-2)23(25(29)31)28-15-9-10-17(26)18(27)13-15/h4-13,28H,1-3H3. The summed E-state index contributed by atoms with van der Waals surface area (Å²) in [6.45, 7) is 1.82. The summed E-state index contributed by atoms with van der Waals surface area (Å²) >= 11 is 0. The van der Waals surface area contributed by atoms with Gasteiger partial charge in [0.1, 0.15) is 17.2 Å². The number of carbonyl (C=O) groups excluding carboxylic acids is 2. The smallest absolute Gasteiger partial charge is 0.282 e. The Hall–Kier alpha value is -4.20. The second-order valence-corrected chi connectivity index (χ2v) is 7.33. The highest BCUT2D eigenvalue weighted by atomic mass is 19.2. The minimum absolute atomic E-state index is 0.0331. The number of hydrogen-bond acceptors (Lipinski definition) is 5. The van der Waals surface area contributed by atoms with Crippen molar-refractivity contribution in [3.63, 3.8) is 0 Å². The van der Waals surface area contributed by atoms with E-state index in [2.05, 4.69) is 5.32 Å². The number of aryl methyl sites for hydroxylation is 1. The molecular weight excluding hydrogens is 430 g/mol. The van der Waals surface area contributed by atoms with Crippen LogP contribution >= 0.6 is 0 Å². The predicted molar refractivity (Wildman–Crippen MR) is 120 cm³/mol. The van der Waals surface area contributed by atoms with Gasteiger partial charge in [-0.2, -0.15) is 0 Å². The SMILES string of the molecule is COc1ccccc1C1=C(Nc2ccc(F)c(F)c2)C(=O)N(c2cc(C)ccc2OC)C1=O. The molecule has 0 spiro atoms. The normalized spacial score (nSPS) is 13.5. The topological polar surface area (TPSA) is 67.9 Å². The molecule has 0 radical (unpaired) electrons. The van der Waals surface area contributed by atoms with Crippen molar-refractivity contribution in [1.29, 1.82) is 0 Å². The lowest BCUT2D eigenvalue weighted by Crippen LogP contribution is -2.32. The largest absolute Gasteiger partial charge is 0.496 e. The van der Waals surface area contributed by atoms with Gasteiger partial charge < -0.3 is 14.8 Å². The molecule has 0 unspecified atom stereocenters. The van der Waals surface area contributed by atoms with E-state index in [1.807, 2.05) is 6.92 Å². The van der Waals surface area contributed by atoms with Crippen molar-refractivity contribution in [2.45, 2.75) is 6.92 Å². The Morgan fingerprint density at radius 2 is 1.55 bits per heavy atom. The highest BCUT2D eigenvalue weighted by Gasteiger charge is 2.42. The Bertz CT molecular complexity index is 1300. The zero-order valence-electron chi connectivity index (χ0n) is 18.1. The second-order valence-electron chi connectivity index (χ2n) is 7.33. The first-order chi connectivity index (χ1) is 15.8. The molecule has 0 atom stereocenters. The number of hydrogen-bond donors (Lipinski definition) is 1. The van der Waals surface area contributed by atoms with E-state index >= 15 is 0 Å². The maximum absolute atomic E-state index is 13.8. The number of methoxy groups -OCH3 is 2. The van der Waals surface area contributed by atoms with Crippen LogP contribution in [0.4, 0.5) is 20.2 Å². The van der Waals surface area contributed by atoms with Crippen molar-refractivity contribution in [2.75, 3.05) is 24.4 Å². The third kappa shape index (κ3) is 3.91. The van der Waals surface area contributed by atoms with Crippen LogP contribution in [0.25, 0.3) is 5.57 Å². The van der Waals surface area contributed by atoms with Crippen LogP contribution in [0.5, 0.6) is 11.5 Å². The zero-order chi connectivity index (χ0) is 23.7. The lowest BCUT2D eigenvalue weighted by atomic mass is 10.0. The number of nitrogens with one attached hydrogen (secondary N) is 1. The Morgan fingerprint density at radius 1 is 0.818 bits per heavy atom. The van der Waals surface area contributed by atoms with E-state index in [0.717, 1.165) is 22.6 Å². The molecule has 2 amide bonds. The van der Waals surface area contributed by atoms with Crippen molar-refractivity contribution in [1.82, 2.24) is 0 Å². The van der Waals surface area contributed by atoms with Gasteiger partial charge in [-0.25, -0.2) is 13.7 Å². The molecule has 1 N–H and O–H groups in total. The van der Waals surface area contributed by atoms with Crippen LogP contribution in [0.2, 0.25) is 0 Å². The van der Waals surface area contributed by atoms with Crippen LogP contribution in [0.3, 0.4) is 0 Å². The van der Waals surface area contributed by atoms with E-state index in [-0.39, 0.29) is 22.6 Å². The van der Waals surface area contributed by atoms with Crippen LogP contribution in [-0.2, 0) is 9.59 Å². The van der Waals surface area contributed by atoms with E-state index in [9.17, 15) is 18.4 Å². The molecule has 1 heterocycles. The fourth-order valence-corrected chi connectivity index (χ4v) is 3.66. The summed E-state index contributed by atoms with van der Waals surface area (Å²) in [6, 6.07) is 15.0. The first kappa shape index (κ1) is 22.0. The Balaban J connectivity index is 1.90. The molecule has 1 aliphatic rings. The van der Waals surface area contributed by atoms with Gasteiger partial charge in [0.2, 0.25) is 0 Å². The molecule has 0 aliphatic carbocycles. The van der Waals surface area contributed by atoms with Gasteiger partial charge >= 0.3 is 0 Å². The van der Waals surface area contributed by atoms with Gasteiger partial charge in [-0.15, -0.1) is 0 Å². The van der Waals surface area contributed by atoms with Crippen molar-refractivity contribution in [3.05, 3.63) is 89.1 Å². The van der Waals surface area contributed by atoms with Gasteiger partial charge in [0.25, 0.3) is 11.8 Å². The fourth-order valence-electron chi connectivity index (χ4n) is 3.66. The quantitative estimate of drug-likeness (QED) is 0.552. The first-order valence-corrected chi connectivity index (χ1v) is 9.99. The maximum Gasteiger partial charge on any atom is 0.282 e. The maximum atomic E-state index is 13.8. The molecular formula is C25H20F2N2O4. The number of nitrogens with zero attached hydrogens (tertiary/aromatic N) is 1. The summed E-state index contributed by atoms with van der Waals surface area (Å²) in [5.41, 5.74) is 1.49. The number of benzene rings is 3. The van der Waals surface area contributed by atoms with Crippen LogP contribution in [0, 0.1) is 18.6 Å². The molecule has 1 aliphatic heterocycles. The van der Waals surface area contributed by atoms with Crippen molar-refractivity contribution >= 4 is 28.8 Å². The molecule has 0 fully saturated rings. The minimum atomic E-state index is -1.09. The summed E-state index contributed by atoms with van der Waals surface area (Å²) in [6.07, 6.45) is 0. The predicted octanol–water partition coefficient (Wildman–Crippen LogP) is 4.69. The van der Waals surface area contributed by atoms with Crippen LogP contribution in [-0.4, -0.2) is 26.0 Å². The third-order valence-corrected chi connectivity index (χ3v) is 5.22. The van der Waals surface area contributed by atoms with Gasteiger partial charge in [0.15, 0.2) is 11.6 Å². The summed E-state index contributed by atoms with van der Waals surface area (Å²) in [5, 5.41) is 2.81. The molecule has 0 aromatic heterocycles. The highest BCUT2D eigenvalue weighted by molar-refractivity contribution is 6.46. The van der Waals surface area contributed by atoms with Crippen molar-refractivity contribution in [2.24, 2.45) is 0 Å². The van der Waals surface area contributed by atoms with Crippen LogP contribution in [0.1, 0.15) is 11.1 Å². The number of amides is 2. The Kier molecular flexibility index (Phi) is 5.83. The number of carbonyl (C=O) groups is 2. The molecule has 3 aromatic rings. The Morgan fingerprint density at radius 3 is 2.24 bits per heavy atom.